The fourth-order valence-electron chi connectivity index (χ4n) is 0.879. The van der Waals surface area contributed by atoms with Crippen molar-refractivity contribution in [1.82, 2.24) is 15.0 Å². The predicted octanol–water partition coefficient (Wildman–Crippen LogP) is 0.966. The molecule has 0 unspecified atom stereocenters. The number of nitrogens with two attached hydrogens (primary N) is 1. The maximum atomic E-state index is 12.3. The maximum Gasteiger partial charge on any atom is 0.451 e. The summed E-state index contributed by atoms with van der Waals surface area (Å²) in [4.78, 5) is 6.37. The minimum atomic E-state index is -4.60. The van der Waals surface area contributed by atoms with Gasteiger partial charge in [0.15, 0.2) is 0 Å². The second-order valence-electron chi connectivity index (χ2n) is 3.01. The molecule has 0 atom stereocenters. The van der Waals surface area contributed by atoms with Crippen LogP contribution >= 0.6 is 0 Å². The molecule has 5 nitrogen and oxygen atoms in total. The smallest absolute Gasteiger partial charge is 0.384 e. The molecule has 0 aliphatic carbocycles. The third kappa shape index (κ3) is 3.24. The molecule has 84 valence electrons. The van der Waals surface area contributed by atoms with Gasteiger partial charge in [-0.1, -0.05) is 0 Å². The summed E-state index contributed by atoms with van der Waals surface area (Å²) in [5.74, 6) is -1.49. The number of rotatable bonds is 2. The lowest BCUT2D eigenvalue weighted by atomic mass is 10.5. The van der Waals surface area contributed by atoms with Gasteiger partial charge in [0.05, 0.1) is 0 Å². The van der Waals surface area contributed by atoms with Gasteiger partial charge in [0.1, 0.15) is 11.6 Å². The number of nitrogen functional groups attached to an aromatic ring is 1. The molecule has 0 aliphatic rings. The van der Waals surface area contributed by atoms with Crippen molar-refractivity contribution in [3.63, 3.8) is 0 Å². The van der Waals surface area contributed by atoms with Crippen molar-refractivity contribution < 1.29 is 13.2 Å². The zero-order valence-electron chi connectivity index (χ0n) is 8.13. The van der Waals surface area contributed by atoms with E-state index in [1.807, 2.05) is 0 Å². The molecule has 0 bridgehead atoms. The number of alkyl halides is 3. The minimum absolute atomic E-state index is 0.000162. The van der Waals surface area contributed by atoms with E-state index in [1.165, 1.54) is 11.1 Å². The molecule has 8 heteroatoms. The maximum absolute atomic E-state index is 12.3. The number of hydrogen-bond acceptors (Lipinski definition) is 5. The molecule has 0 aliphatic heterocycles. The summed E-state index contributed by atoms with van der Waals surface area (Å²) in [6.45, 7) is 0. The molecule has 1 aromatic heterocycles. The predicted molar refractivity (Wildman–Crippen MR) is 48.8 cm³/mol. The average molecular weight is 221 g/mol. The first-order chi connectivity index (χ1) is 6.79. The second-order valence-corrected chi connectivity index (χ2v) is 3.01. The summed E-state index contributed by atoms with van der Waals surface area (Å²) in [6.07, 6.45) is -4.60. The van der Waals surface area contributed by atoms with Crippen molar-refractivity contribution in [3.05, 3.63) is 11.9 Å². The van der Waals surface area contributed by atoms with Crippen LogP contribution in [0.2, 0.25) is 0 Å². The summed E-state index contributed by atoms with van der Waals surface area (Å²) in [5, 5.41) is 1.45. The SMILES string of the molecule is CN(C)Nc1cc(N)nc(C(F)(F)F)n1. The van der Waals surface area contributed by atoms with Crippen molar-refractivity contribution in [1.29, 1.82) is 0 Å². The van der Waals surface area contributed by atoms with Crippen LogP contribution in [0.3, 0.4) is 0 Å². The van der Waals surface area contributed by atoms with Crippen molar-refractivity contribution in [2.75, 3.05) is 25.3 Å². The van der Waals surface area contributed by atoms with Crippen LogP contribution in [0.25, 0.3) is 0 Å². The highest BCUT2D eigenvalue weighted by Gasteiger charge is 2.35. The van der Waals surface area contributed by atoms with Gasteiger partial charge in [0.25, 0.3) is 0 Å². The first-order valence-corrected chi connectivity index (χ1v) is 3.95. The minimum Gasteiger partial charge on any atom is -0.384 e. The molecule has 15 heavy (non-hydrogen) atoms. The fraction of sp³-hybridized carbons (Fsp3) is 0.429. The van der Waals surface area contributed by atoms with Crippen LogP contribution in [0.5, 0.6) is 0 Å². The molecule has 1 heterocycles. The number of aromatic nitrogens is 2. The van der Waals surface area contributed by atoms with Crippen LogP contribution in [0.1, 0.15) is 5.82 Å². The van der Waals surface area contributed by atoms with Crippen molar-refractivity contribution in [3.8, 4) is 0 Å². The Morgan fingerprint density at radius 1 is 1.33 bits per heavy atom. The zero-order valence-corrected chi connectivity index (χ0v) is 8.13. The second kappa shape index (κ2) is 3.89. The molecule has 1 aromatic rings. The molecule has 3 N–H and O–H groups in total. The van der Waals surface area contributed by atoms with Crippen LogP contribution in [0, 0.1) is 0 Å². The van der Waals surface area contributed by atoms with Crippen molar-refractivity contribution in [2.45, 2.75) is 6.18 Å². The third-order valence-electron chi connectivity index (χ3n) is 1.34. The molecule has 0 saturated carbocycles. The van der Waals surface area contributed by atoms with Crippen molar-refractivity contribution >= 4 is 11.6 Å². The Morgan fingerprint density at radius 3 is 2.40 bits per heavy atom. The molecule has 0 spiro atoms. The standard InChI is InChI=1S/C7H10F3N5/c1-15(2)14-5-3-4(11)12-6(13-5)7(8,9)10/h3H,1-2H3,(H3,11,12,13,14). The lowest BCUT2D eigenvalue weighted by Gasteiger charge is -2.14. The Morgan fingerprint density at radius 2 is 1.93 bits per heavy atom. The lowest BCUT2D eigenvalue weighted by molar-refractivity contribution is -0.144. The van der Waals surface area contributed by atoms with Gasteiger partial charge < -0.3 is 11.2 Å². The van der Waals surface area contributed by atoms with Crippen LogP contribution in [-0.4, -0.2) is 29.1 Å². The normalized spacial score (nSPS) is 11.9. The van der Waals surface area contributed by atoms with E-state index in [0.717, 1.165) is 0 Å². The van der Waals surface area contributed by atoms with Gasteiger partial charge in [-0.05, 0) is 0 Å². The number of hydrogen-bond donors (Lipinski definition) is 2. The Labute approximate surface area is 84.1 Å². The summed E-state index contributed by atoms with van der Waals surface area (Å²) in [5.41, 5.74) is 7.78. The topological polar surface area (TPSA) is 67.1 Å². The number of hydrazine groups is 1. The summed E-state index contributed by atoms with van der Waals surface area (Å²) < 4.78 is 36.8. The number of nitrogens with one attached hydrogen (secondary N) is 1. The van der Waals surface area contributed by atoms with Crippen LogP contribution in [0.15, 0.2) is 6.07 Å². The van der Waals surface area contributed by atoms with Gasteiger partial charge >= 0.3 is 6.18 Å². The largest absolute Gasteiger partial charge is 0.451 e. The summed E-state index contributed by atoms with van der Waals surface area (Å²) >= 11 is 0. The fourth-order valence-corrected chi connectivity index (χ4v) is 0.879. The van der Waals surface area contributed by atoms with Crippen molar-refractivity contribution in [2.24, 2.45) is 0 Å². The van der Waals surface area contributed by atoms with Gasteiger partial charge in [0, 0.05) is 20.2 Å². The number of halogens is 3. The van der Waals surface area contributed by atoms with Crippen LogP contribution < -0.4 is 11.2 Å². The van der Waals surface area contributed by atoms with E-state index in [4.69, 9.17) is 5.73 Å². The first kappa shape index (κ1) is 11.5. The van der Waals surface area contributed by atoms with Gasteiger partial charge in [-0.15, -0.1) is 0 Å². The van der Waals surface area contributed by atoms with E-state index in [1.54, 1.807) is 14.1 Å². The number of nitrogens with zero attached hydrogens (tertiary/aromatic N) is 3. The van der Waals surface area contributed by atoms with E-state index in [0.29, 0.717) is 0 Å². The molecule has 0 saturated heterocycles. The highest BCUT2D eigenvalue weighted by molar-refractivity contribution is 5.44. The summed E-state index contributed by atoms with van der Waals surface area (Å²) in [7, 11) is 3.23. The van der Waals surface area contributed by atoms with Gasteiger partial charge in [0.2, 0.25) is 5.82 Å². The Kier molecular flexibility index (Phi) is 2.98. The van der Waals surface area contributed by atoms with E-state index < -0.39 is 12.0 Å². The molecular weight excluding hydrogens is 211 g/mol. The highest BCUT2D eigenvalue weighted by Crippen LogP contribution is 2.27. The van der Waals surface area contributed by atoms with Gasteiger partial charge in [-0.25, -0.2) is 15.0 Å². The first-order valence-electron chi connectivity index (χ1n) is 3.95. The Hall–Kier alpha value is -1.57. The van der Waals surface area contributed by atoms with E-state index in [-0.39, 0.29) is 11.6 Å². The van der Waals surface area contributed by atoms with Crippen LogP contribution in [0.4, 0.5) is 24.8 Å². The monoisotopic (exact) mass is 221 g/mol. The zero-order chi connectivity index (χ0) is 11.6. The molecule has 0 radical (unpaired) electrons. The number of anilines is 2. The molecular formula is C7H10F3N5. The van der Waals surface area contributed by atoms with E-state index in [9.17, 15) is 13.2 Å². The average Bonchev–Trinajstić information content (AvgIpc) is 1.99. The van der Waals surface area contributed by atoms with Crippen LogP contribution in [-0.2, 0) is 6.18 Å². The molecule has 1 rings (SSSR count). The molecule has 0 amide bonds. The Balaban J connectivity index is 3.06. The molecule has 0 fully saturated rings. The third-order valence-corrected chi connectivity index (χ3v) is 1.34. The Bertz CT molecular complexity index is 349. The van der Waals surface area contributed by atoms with E-state index >= 15 is 0 Å². The highest BCUT2D eigenvalue weighted by atomic mass is 19.4. The lowest BCUT2D eigenvalue weighted by Crippen LogP contribution is -2.22. The van der Waals surface area contributed by atoms with E-state index in [2.05, 4.69) is 15.4 Å². The van der Waals surface area contributed by atoms with Gasteiger partial charge in [-0.2, -0.15) is 13.2 Å². The summed E-state index contributed by atoms with van der Waals surface area (Å²) in [6, 6.07) is 1.22. The van der Waals surface area contributed by atoms with Gasteiger partial charge in [-0.3, -0.25) is 0 Å². The quantitative estimate of drug-likeness (QED) is 0.728. The molecule has 0 aromatic carbocycles.